The smallest absolute Gasteiger partial charge is 0.394 e. The summed E-state index contributed by atoms with van der Waals surface area (Å²) in [6.07, 6.45) is -2.03. The maximum Gasteiger partial charge on any atom is 0.417 e. The van der Waals surface area contributed by atoms with Gasteiger partial charge < -0.3 is 14.7 Å². The fraction of sp³-hybridized carbons (Fsp3) is 0.667. The molecule has 0 aromatic carbocycles. The van der Waals surface area contributed by atoms with Gasteiger partial charge in [0.1, 0.15) is 0 Å². The van der Waals surface area contributed by atoms with Crippen molar-refractivity contribution in [3.8, 4) is 0 Å². The van der Waals surface area contributed by atoms with Gasteiger partial charge in [0.25, 0.3) is 0 Å². The number of aliphatic hydroxyl groups is 1. The molecule has 2 rings (SSSR count). The van der Waals surface area contributed by atoms with Crippen LogP contribution in [0.2, 0.25) is 0 Å². The van der Waals surface area contributed by atoms with Crippen LogP contribution in [0.1, 0.15) is 12.0 Å². The summed E-state index contributed by atoms with van der Waals surface area (Å²) in [5, 5.41) is 8.59. The molecule has 1 N–H and O–H groups in total. The molecule has 0 atom stereocenters. The van der Waals surface area contributed by atoms with Crippen molar-refractivity contribution in [1.82, 2.24) is 9.29 Å². The molecule has 1 aromatic rings. The normalized spacial score (nSPS) is 16.8. The van der Waals surface area contributed by atoms with Gasteiger partial charge in [0, 0.05) is 39.0 Å². The largest absolute Gasteiger partial charge is 0.417 e. The first-order valence-corrected chi connectivity index (χ1v) is 9.78. The number of alkyl halides is 3. The van der Waals surface area contributed by atoms with Crippen LogP contribution in [-0.4, -0.2) is 74.6 Å². The van der Waals surface area contributed by atoms with E-state index >= 15 is 0 Å². The van der Waals surface area contributed by atoms with Gasteiger partial charge in [-0.05, 0) is 12.5 Å². The summed E-state index contributed by atoms with van der Waals surface area (Å²) < 4.78 is 69.3. The third-order valence-electron chi connectivity index (χ3n) is 3.97. The number of ether oxygens (including phenoxy) is 1. The predicted octanol–water partition coefficient (Wildman–Crippen LogP) is 0.951. The molecule has 0 radical (unpaired) electrons. The molecule has 11 heteroatoms. The topological polar surface area (TPSA) is 83.0 Å². The number of rotatable bonds is 8. The van der Waals surface area contributed by atoms with Gasteiger partial charge in [0.15, 0.2) is 0 Å². The Kier molecular flexibility index (Phi) is 7.21. The second kappa shape index (κ2) is 8.98. The molecule has 0 aliphatic carbocycles. The van der Waals surface area contributed by atoms with Crippen molar-refractivity contribution in [2.24, 2.45) is 0 Å². The van der Waals surface area contributed by atoms with Gasteiger partial charge in [-0.25, -0.2) is 8.42 Å². The Morgan fingerprint density at radius 1 is 1.15 bits per heavy atom. The Labute approximate surface area is 150 Å². The lowest BCUT2D eigenvalue weighted by Crippen LogP contribution is -2.49. The van der Waals surface area contributed by atoms with E-state index < -0.39 is 21.8 Å². The highest BCUT2D eigenvalue weighted by Gasteiger charge is 2.32. The third-order valence-corrected chi connectivity index (χ3v) is 5.93. The molecule has 2 heterocycles. The van der Waals surface area contributed by atoms with E-state index in [1.807, 2.05) is 0 Å². The minimum atomic E-state index is -4.47. The van der Waals surface area contributed by atoms with Gasteiger partial charge in [-0.2, -0.15) is 17.5 Å². The molecule has 1 aliphatic heterocycles. The van der Waals surface area contributed by atoms with E-state index in [4.69, 9.17) is 9.84 Å². The molecule has 0 amide bonds. The van der Waals surface area contributed by atoms with Crippen LogP contribution < -0.4 is 4.90 Å². The van der Waals surface area contributed by atoms with Crippen molar-refractivity contribution in [1.29, 1.82) is 0 Å². The van der Waals surface area contributed by atoms with Crippen LogP contribution in [0, 0.1) is 0 Å². The average Bonchev–Trinajstić information content (AvgIpc) is 2.61. The molecule has 148 valence electrons. The second-order valence-electron chi connectivity index (χ2n) is 5.82. The van der Waals surface area contributed by atoms with Crippen LogP contribution in [0.15, 0.2) is 18.5 Å². The van der Waals surface area contributed by atoms with Crippen molar-refractivity contribution < 1.29 is 31.4 Å². The van der Waals surface area contributed by atoms with Crippen molar-refractivity contribution in [2.45, 2.75) is 12.6 Å². The van der Waals surface area contributed by atoms with E-state index in [-0.39, 0.29) is 38.7 Å². The van der Waals surface area contributed by atoms with Gasteiger partial charge in [-0.3, -0.25) is 4.98 Å². The number of anilines is 1. The van der Waals surface area contributed by atoms with E-state index in [1.54, 1.807) is 4.90 Å². The monoisotopic (exact) mass is 397 g/mol. The zero-order valence-corrected chi connectivity index (χ0v) is 15.0. The fourth-order valence-corrected chi connectivity index (χ4v) is 4.08. The number of pyridine rings is 1. The molecule has 0 spiro atoms. The standard InChI is InChI=1S/C15H22F3N3O4S/c16-15(17,18)13-10-14(12-19-11-13)20-2-4-21(5-3-20)26(23,24)9-1-7-25-8-6-22/h10-12,22H,1-9H2. The Hall–Kier alpha value is -1.43. The van der Waals surface area contributed by atoms with E-state index in [0.717, 1.165) is 12.3 Å². The number of aliphatic hydroxyl groups excluding tert-OH is 1. The van der Waals surface area contributed by atoms with E-state index in [9.17, 15) is 21.6 Å². The van der Waals surface area contributed by atoms with Gasteiger partial charge >= 0.3 is 6.18 Å². The minimum Gasteiger partial charge on any atom is -0.394 e. The molecular weight excluding hydrogens is 375 g/mol. The molecule has 7 nitrogen and oxygen atoms in total. The predicted molar refractivity (Wildman–Crippen MR) is 89.3 cm³/mol. The highest BCUT2D eigenvalue weighted by Crippen LogP contribution is 2.31. The minimum absolute atomic E-state index is 0.0659. The van der Waals surface area contributed by atoms with E-state index in [0.29, 0.717) is 25.2 Å². The molecule has 1 fully saturated rings. The fourth-order valence-electron chi connectivity index (χ4n) is 2.62. The van der Waals surface area contributed by atoms with Gasteiger partial charge in [0.05, 0.1) is 36.4 Å². The molecule has 26 heavy (non-hydrogen) atoms. The molecule has 1 saturated heterocycles. The molecular formula is C15H22F3N3O4S. The summed E-state index contributed by atoms with van der Waals surface area (Å²) in [5.74, 6) is -0.0659. The van der Waals surface area contributed by atoms with Crippen molar-refractivity contribution >= 4 is 15.7 Å². The Balaban J connectivity index is 1.88. The first kappa shape index (κ1) is 20.9. The first-order valence-electron chi connectivity index (χ1n) is 8.17. The number of sulfonamides is 1. The summed E-state index contributed by atoms with van der Waals surface area (Å²) >= 11 is 0. The van der Waals surface area contributed by atoms with Gasteiger partial charge in [-0.15, -0.1) is 0 Å². The molecule has 0 unspecified atom stereocenters. The number of hydrogen-bond donors (Lipinski definition) is 1. The van der Waals surface area contributed by atoms with Crippen LogP contribution in [-0.2, 0) is 20.9 Å². The zero-order chi connectivity index (χ0) is 19.2. The summed E-state index contributed by atoms with van der Waals surface area (Å²) in [5.41, 5.74) is -0.498. The van der Waals surface area contributed by atoms with Crippen molar-refractivity contribution in [3.63, 3.8) is 0 Å². The molecule has 1 aliphatic rings. The summed E-state index contributed by atoms with van der Waals surface area (Å²) in [4.78, 5) is 5.33. The Morgan fingerprint density at radius 2 is 1.85 bits per heavy atom. The molecule has 1 aromatic heterocycles. The Morgan fingerprint density at radius 3 is 2.46 bits per heavy atom. The maximum atomic E-state index is 12.8. The van der Waals surface area contributed by atoms with Gasteiger partial charge in [0.2, 0.25) is 10.0 Å². The van der Waals surface area contributed by atoms with Crippen LogP contribution in [0.4, 0.5) is 18.9 Å². The van der Waals surface area contributed by atoms with Crippen LogP contribution in [0.3, 0.4) is 0 Å². The van der Waals surface area contributed by atoms with Crippen molar-refractivity contribution in [2.75, 3.05) is 56.7 Å². The zero-order valence-electron chi connectivity index (χ0n) is 14.2. The van der Waals surface area contributed by atoms with Gasteiger partial charge in [-0.1, -0.05) is 0 Å². The molecule has 0 bridgehead atoms. The average molecular weight is 397 g/mol. The summed E-state index contributed by atoms with van der Waals surface area (Å²) in [7, 11) is -3.44. The number of hydrogen-bond acceptors (Lipinski definition) is 6. The van der Waals surface area contributed by atoms with Crippen LogP contribution in [0.5, 0.6) is 0 Å². The Bertz CT molecular complexity index is 677. The first-order chi connectivity index (χ1) is 12.2. The lowest BCUT2D eigenvalue weighted by molar-refractivity contribution is -0.137. The highest BCUT2D eigenvalue weighted by molar-refractivity contribution is 7.89. The highest BCUT2D eigenvalue weighted by atomic mass is 32.2. The maximum absolute atomic E-state index is 12.8. The number of aromatic nitrogens is 1. The second-order valence-corrected chi connectivity index (χ2v) is 7.91. The lowest BCUT2D eigenvalue weighted by Gasteiger charge is -2.35. The summed E-state index contributed by atoms with van der Waals surface area (Å²) in [6, 6.07) is 1.02. The lowest BCUT2D eigenvalue weighted by atomic mass is 10.2. The number of piperazine rings is 1. The van der Waals surface area contributed by atoms with E-state index in [2.05, 4.69) is 4.98 Å². The number of halogens is 3. The third kappa shape index (κ3) is 5.79. The summed E-state index contributed by atoms with van der Waals surface area (Å²) in [6.45, 7) is 1.30. The molecule has 0 saturated carbocycles. The van der Waals surface area contributed by atoms with Crippen molar-refractivity contribution in [3.05, 3.63) is 24.0 Å². The quantitative estimate of drug-likeness (QED) is 0.658. The van der Waals surface area contributed by atoms with Crippen LogP contribution >= 0.6 is 0 Å². The van der Waals surface area contributed by atoms with Crippen LogP contribution in [0.25, 0.3) is 0 Å². The number of nitrogens with zero attached hydrogens (tertiary/aromatic N) is 3. The van der Waals surface area contributed by atoms with E-state index in [1.165, 1.54) is 10.5 Å². The SMILES string of the molecule is O=S(=O)(CCCOCCO)N1CCN(c2cncc(C(F)(F)F)c2)CC1.